The van der Waals surface area contributed by atoms with Crippen molar-refractivity contribution in [3.63, 3.8) is 0 Å². The van der Waals surface area contributed by atoms with E-state index in [1.807, 2.05) is 18.2 Å². The maximum Gasteiger partial charge on any atom is 0.328 e. The monoisotopic (exact) mass is 467 g/mol. The minimum absolute atomic E-state index is 0.150. The molecule has 3 aliphatic heterocycles. The van der Waals surface area contributed by atoms with Gasteiger partial charge in [0.1, 0.15) is 18.5 Å². The van der Waals surface area contributed by atoms with Crippen LogP contribution >= 0.6 is 11.6 Å². The van der Waals surface area contributed by atoms with Crippen molar-refractivity contribution in [2.45, 2.75) is 45.3 Å². The van der Waals surface area contributed by atoms with Gasteiger partial charge < -0.3 is 9.80 Å². The van der Waals surface area contributed by atoms with Gasteiger partial charge in [-0.05, 0) is 41.7 Å². The Morgan fingerprint density at radius 1 is 1.06 bits per heavy atom. The first kappa shape index (κ1) is 22.2. The number of anilines is 1. The molecule has 0 spiro atoms. The summed E-state index contributed by atoms with van der Waals surface area (Å²) in [5.74, 6) is 0.203. The topological polar surface area (TPSA) is 59.1 Å². The van der Waals surface area contributed by atoms with Crippen molar-refractivity contribution in [1.29, 1.82) is 0 Å². The Labute approximate surface area is 199 Å². The number of urea groups is 1. The Morgan fingerprint density at radius 3 is 2.48 bits per heavy atom. The lowest BCUT2D eigenvalue weighted by atomic mass is 10.0. The number of nitrogens with zero attached hydrogens (tertiary/aromatic N) is 4. The third-order valence-electron chi connectivity index (χ3n) is 7.05. The van der Waals surface area contributed by atoms with Gasteiger partial charge in [0.2, 0.25) is 0 Å². The molecule has 3 aliphatic rings. The Kier molecular flexibility index (Phi) is 5.80. The number of amides is 3. The van der Waals surface area contributed by atoms with Crippen LogP contribution in [0.15, 0.2) is 48.5 Å². The molecule has 3 fully saturated rings. The number of carbonyl (C=O) groups excluding carboxylic acids is 2. The summed E-state index contributed by atoms with van der Waals surface area (Å²) in [6, 6.07) is 15.2. The van der Waals surface area contributed by atoms with Gasteiger partial charge >= 0.3 is 6.03 Å². The highest BCUT2D eigenvalue weighted by molar-refractivity contribution is 6.31. The highest BCUT2D eigenvalue weighted by atomic mass is 35.5. The molecule has 3 heterocycles. The van der Waals surface area contributed by atoms with Crippen LogP contribution in [0.25, 0.3) is 0 Å². The maximum absolute atomic E-state index is 13.7. The van der Waals surface area contributed by atoms with Crippen LogP contribution in [0.2, 0.25) is 5.02 Å². The summed E-state index contributed by atoms with van der Waals surface area (Å²) in [4.78, 5) is 34.4. The molecule has 3 amide bonds. The zero-order valence-corrected chi connectivity index (χ0v) is 20.0. The number of likely N-dealkylation sites (N-methyl/N-ethyl adjacent to an activating group) is 1. The molecular formula is C25H30ClN5O2. The number of carbonyl (C=O) groups is 2. The van der Waals surface area contributed by atoms with Crippen LogP contribution in [0.1, 0.15) is 25.0 Å². The fraction of sp³-hybridized carbons (Fsp3) is 0.440. The van der Waals surface area contributed by atoms with Crippen LogP contribution in [0, 0.1) is 5.92 Å². The van der Waals surface area contributed by atoms with Gasteiger partial charge in [0.25, 0.3) is 5.91 Å². The second-order valence-corrected chi connectivity index (χ2v) is 9.72. The smallest absolute Gasteiger partial charge is 0.328 e. The van der Waals surface area contributed by atoms with Crippen molar-refractivity contribution in [2.24, 2.45) is 5.92 Å². The number of imide groups is 1. The van der Waals surface area contributed by atoms with Gasteiger partial charge in [0.15, 0.2) is 0 Å². The molecule has 0 bridgehead atoms. The van der Waals surface area contributed by atoms with E-state index in [-0.39, 0.29) is 30.9 Å². The lowest BCUT2D eigenvalue weighted by Crippen LogP contribution is -2.66. The average Bonchev–Trinajstić information content (AvgIpc) is 3.20. The third kappa shape index (κ3) is 3.78. The van der Waals surface area contributed by atoms with Gasteiger partial charge in [-0.2, -0.15) is 0 Å². The van der Waals surface area contributed by atoms with Gasteiger partial charge in [-0.15, -0.1) is 0 Å². The maximum atomic E-state index is 13.7. The number of hydrogen-bond donors (Lipinski definition) is 1. The number of aryl methyl sites for hydroxylation is 1. The number of hydrogen-bond acceptors (Lipinski definition) is 5. The van der Waals surface area contributed by atoms with E-state index in [1.165, 1.54) is 10.5 Å². The van der Waals surface area contributed by atoms with E-state index < -0.39 is 6.04 Å². The van der Waals surface area contributed by atoms with Gasteiger partial charge in [0.05, 0.1) is 6.54 Å². The fourth-order valence-electron chi connectivity index (χ4n) is 5.28. The summed E-state index contributed by atoms with van der Waals surface area (Å²) < 4.78 is 0. The normalized spacial score (nSPS) is 27.7. The number of rotatable bonds is 4. The molecule has 4 atom stereocenters. The predicted octanol–water partition coefficient (Wildman–Crippen LogP) is 3.34. The first-order valence-electron chi connectivity index (χ1n) is 11.6. The van der Waals surface area contributed by atoms with E-state index in [0.717, 1.165) is 30.8 Å². The summed E-state index contributed by atoms with van der Waals surface area (Å²) in [6.07, 6.45) is 0.473. The lowest BCUT2D eigenvalue weighted by Gasteiger charge is -2.46. The highest BCUT2D eigenvalue weighted by Gasteiger charge is 2.56. The predicted molar refractivity (Wildman–Crippen MR) is 129 cm³/mol. The molecule has 5 rings (SSSR count). The molecule has 2 aromatic carbocycles. The SMILES string of the molecule is CCc1ccc(N2CC(C)CN3C4C(=O)N(Cc5ccccc5Cl)C(=O)N(C)C4NC23)cc1. The van der Waals surface area contributed by atoms with Crippen LogP contribution in [-0.4, -0.2) is 65.3 Å². The van der Waals surface area contributed by atoms with Crippen LogP contribution in [0.3, 0.4) is 0 Å². The van der Waals surface area contributed by atoms with E-state index >= 15 is 0 Å². The van der Waals surface area contributed by atoms with E-state index in [0.29, 0.717) is 10.9 Å². The van der Waals surface area contributed by atoms with Crippen molar-refractivity contribution in [1.82, 2.24) is 20.0 Å². The van der Waals surface area contributed by atoms with Crippen molar-refractivity contribution in [3.8, 4) is 0 Å². The Hall–Kier alpha value is -2.61. The second-order valence-electron chi connectivity index (χ2n) is 9.31. The molecular weight excluding hydrogens is 438 g/mol. The second kappa shape index (κ2) is 8.63. The number of nitrogens with one attached hydrogen (secondary N) is 1. The average molecular weight is 468 g/mol. The Balaban J connectivity index is 1.45. The van der Waals surface area contributed by atoms with Crippen molar-refractivity contribution in [3.05, 3.63) is 64.7 Å². The summed E-state index contributed by atoms with van der Waals surface area (Å²) in [6.45, 7) is 6.20. The van der Waals surface area contributed by atoms with Gasteiger partial charge in [-0.25, -0.2) is 4.79 Å². The van der Waals surface area contributed by atoms with Crippen molar-refractivity contribution < 1.29 is 9.59 Å². The minimum atomic E-state index is -0.444. The van der Waals surface area contributed by atoms with E-state index in [1.54, 1.807) is 18.0 Å². The first-order valence-corrected chi connectivity index (χ1v) is 12.0. The van der Waals surface area contributed by atoms with Crippen LogP contribution in [0.5, 0.6) is 0 Å². The van der Waals surface area contributed by atoms with Crippen molar-refractivity contribution >= 4 is 29.2 Å². The summed E-state index contributed by atoms with van der Waals surface area (Å²) >= 11 is 6.33. The van der Waals surface area contributed by atoms with E-state index in [4.69, 9.17) is 11.6 Å². The van der Waals surface area contributed by atoms with Gasteiger partial charge in [0, 0.05) is 30.8 Å². The van der Waals surface area contributed by atoms with Crippen LogP contribution < -0.4 is 10.2 Å². The molecule has 0 saturated carbocycles. The molecule has 2 aromatic rings. The number of benzene rings is 2. The Bertz CT molecular complexity index is 1060. The zero-order valence-electron chi connectivity index (χ0n) is 19.2. The number of halogens is 1. The minimum Gasteiger partial charge on any atom is -0.343 e. The lowest BCUT2D eigenvalue weighted by molar-refractivity contribution is -0.139. The molecule has 1 N–H and O–H groups in total. The Morgan fingerprint density at radius 2 is 1.79 bits per heavy atom. The zero-order chi connectivity index (χ0) is 23.3. The molecule has 7 nitrogen and oxygen atoms in total. The highest BCUT2D eigenvalue weighted by Crippen LogP contribution is 2.35. The molecule has 174 valence electrons. The third-order valence-corrected chi connectivity index (χ3v) is 7.42. The largest absolute Gasteiger partial charge is 0.343 e. The van der Waals surface area contributed by atoms with Crippen LogP contribution in [-0.2, 0) is 17.8 Å². The molecule has 33 heavy (non-hydrogen) atoms. The van der Waals surface area contributed by atoms with Crippen LogP contribution in [0.4, 0.5) is 10.5 Å². The molecule has 4 unspecified atom stereocenters. The summed E-state index contributed by atoms with van der Waals surface area (Å²) in [7, 11) is 1.77. The summed E-state index contributed by atoms with van der Waals surface area (Å²) in [5, 5.41) is 4.14. The van der Waals surface area contributed by atoms with Gasteiger partial charge in [-0.1, -0.05) is 55.8 Å². The summed E-state index contributed by atoms with van der Waals surface area (Å²) in [5.41, 5.74) is 3.18. The first-order chi connectivity index (χ1) is 15.9. The van der Waals surface area contributed by atoms with Crippen molar-refractivity contribution in [2.75, 3.05) is 25.0 Å². The quantitative estimate of drug-likeness (QED) is 0.747. The van der Waals surface area contributed by atoms with E-state index in [2.05, 4.69) is 53.2 Å². The fourth-order valence-corrected chi connectivity index (χ4v) is 5.48. The molecule has 0 aromatic heterocycles. The molecule has 8 heteroatoms. The van der Waals surface area contributed by atoms with Gasteiger partial charge in [-0.3, -0.25) is 19.9 Å². The van der Waals surface area contributed by atoms with E-state index in [9.17, 15) is 9.59 Å². The standard InChI is InChI=1S/C25H30ClN5O2/c1-4-17-9-11-19(12-10-17)29-13-16(2)14-30-21-22(27-24(29)30)28(3)25(33)31(23(21)32)15-18-7-5-6-8-20(18)26/h5-12,16,21-22,24,27H,4,13-15H2,1-3H3. The number of fused-ring (bicyclic) bond motifs is 3. The molecule has 0 aliphatic carbocycles. The molecule has 0 radical (unpaired) electrons. The molecule has 3 saturated heterocycles.